The first-order valence-electron chi connectivity index (χ1n) is 8.32. The lowest BCUT2D eigenvalue weighted by Crippen LogP contribution is -2.32. The van der Waals surface area contributed by atoms with Gasteiger partial charge in [0.25, 0.3) is 0 Å². The molecule has 2 heterocycles. The van der Waals surface area contributed by atoms with Crippen LogP contribution in [0.1, 0.15) is 6.42 Å². The highest BCUT2D eigenvalue weighted by Crippen LogP contribution is 2.53. The molecule has 4 atom stereocenters. The molecule has 2 aliphatic carbocycles. The number of aromatic nitrogens is 1. The lowest BCUT2D eigenvalue weighted by Gasteiger charge is -2.18. The van der Waals surface area contributed by atoms with Crippen molar-refractivity contribution in [1.29, 1.82) is 0 Å². The van der Waals surface area contributed by atoms with Gasteiger partial charge < -0.3 is 9.15 Å². The van der Waals surface area contributed by atoms with Crippen molar-refractivity contribution < 1.29 is 18.7 Å². The van der Waals surface area contributed by atoms with Crippen molar-refractivity contribution in [1.82, 2.24) is 4.98 Å². The molecule has 4 unspecified atom stereocenters. The SMILES string of the molecule is COc1cc(N2C(=O)C3C4C=CC(C4)C3C2=O)ccc1-c1cnco1. The van der Waals surface area contributed by atoms with Crippen molar-refractivity contribution in [2.75, 3.05) is 12.0 Å². The summed E-state index contributed by atoms with van der Waals surface area (Å²) in [4.78, 5) is 31.0. The van der Waals surface area contributed by atoms with Gasteiger partial charge in [-0.25, -0.2) is 9.88 Å². The summed E-state index contributed by atoms with van der Waals surface area (Å²) < 4.78 is 10.8. The van der Waals surface area contributed by atoms with Crippen LogP contribution < -0.4 is 9.64 Å². The van der Waals surface area contributed by atoms with E-state index in [1.54, 1.807) is 31.5 Å². The first-order valence-corrected chi connectivity index (χ1v) is 8.32. The molecule has 6 heteroatoms. The molecule has 2 aromatic rings. The van der Waals surface area contributed by atoms with Crippen LogP contribution >= 0.6 is 0 Å². The van der Waals surface area contributed by atoms with E-state index >= 15 is 0 Å². The highest BCUT2D eigenvalue weighted by Gasteiger charge is 2.59. The van der Waals surface area contributed by atoms with Crippen molar-refractivity contribution >= 4 is 17.5 Å². The number of benzene rings is 1. The van der Waals surface area contributed by atoms with Gasteiger partial charge in [0.05, 0.1) is 36.4 Å². The highest BCUT2D eigenvalue weighted by atomic mass is 16.5. The lowest BCUT2D eigenvalue weighted by molar-refractivity contribution is -0.123. The fourth-order valence-corrected chi connectivity index (χ4v) is 4.53. The van der Waals surface area contributed by atoms with E-state index in [1.807, 2.05) is 0 Å². The summed E-state index contributed by atoms with van der Waals surface area (Å²) in [5.74, 6) is 0.903. The van der Waals surface area contributed by atoms with Crippen molar-refractivity contribution in [3.63, 3.8) is 0 Å². The fraction of sp³-hybridized carbons (Fsp3) is 0.316. The maximum Gasteiger partial charge on any atom is 0.238 e. The first kappa shape index (κ1) is 14.5. The summed E-state index contributed by atoms with van der Waals surface area (Å²) in [5, 5.41) is 0. The quantitative estimate of drug-likeness (QED) is 0.636. The van der Waals surface area contributed by atoms with Gasteiger partial charge in [-0.3, -0.25) is 9.59 Å². The second-order valence-electron chi connectivity index (χ2n) is 6.76. The topological polar surface area (TPSA) is 72.6 Å². The monoisotopic (exact) mass is 336 g/mol. The predicted octanol–water partition coefficient (Wildman–Crippen LogP) is 2.66. The second-order valence-corrected chi connectivity index (χ2v) is 6.76. The van der Waals surface area contributed by atoms with Crippen LogP contribution in [0.2, 0.25) is 0 Å². The molecule has 2 bridgehead atoms. The minimum absolute atomic E-state index is 0.0960. The Labute approximate surface area is 144 Å². The van der Waals surface area contributed by atoms with Crippen molar-refractivity contribution in [2.45, 2.75) is 6.42 Å². The summed E-state index contributed by atoms with van der Waals surface area (Å²) in [6.07, 6.45) is 8.05. The van der Waals surface area contributed by atoms with Gasteiger partial charge >= 0.3 is 0 Å². The molecular formula is C19H16N2O4. The molecule has 3 aliphatic rings. The third-order valence-corrected chi connectivity index (χ3v) is 5.61. The van der Waals surface area contributed by atoms with Gasteiger partial charge in [-0.15, -0.1) is 0 Å². The van der Waals surface area contributed by atoms with Gasteiger partial charge in [-0.1, -0.05) is 12.2 Å². The molecule has 0 radical (unpaired) electrons. The Morgan fingerprint density at radius 1 is 1.16 bits per heavy atom. The molecule has 25 heavy (non-hydrogen) atoms. The number of oxazole rings is 1. The Morgan fingerprint density at radius 3 is 2.48 bits per heavy atom. The van der Waals surface area contributed by atoms with Gasteiger partial charge in [0, 0.05) is 6.07 Å². The molecule has 0 spiro atoms. The summed E-state index contributed by atoms with van der Waals surface area (Å²) in [6, 6.07) is 5.26. The number of rotatable bonds is 3. The van der Waals surface area contributed by atoms with Crippen LogP contribution in [-0.2, 0) is 9.59 Å². The molecule has 126 valence electrons. The van der Waals surface area contributed by atoms with Crippen molar-refractivity contribution in [3.05, 3.63) is 42.9 Å². The standard InChI is InChI=1S/C19H16N2O4/c1-24-14-7-12(4-5-13(14)15-8-20-9-25-15)21-18(22)16-10-2-3-11(6-10)17(16)19(21)23/h2-5,7-11,16-17H,6H2,1H3. The zero-order valence-electron chi connectivity index (χ0n) is 13.6. The van der Waals surface area contributed by atoms with Gasteiger partial charge in [0.2, 0.25) is 11.8 Å². The molecule has 1 saturated carbocycles. The van der Waals surface area contributed by atoms with E-state index in [9.17, 15) is 9.59 Å². The number of fused-ring (bicyclic) bond motifs is 5. The largest absolute Gasteiger partial charge is 0.496 e. The van der Waals surface area contributed by atoms with E-state index in [0.29, 0.717) is 17.2 Å². The number of allylic oxidation sites excluding steroid dienone is 2. The average Bonchev–Trinajstić information content (AvgIpc) is 3.39. The molecule has 6 nitrogen and oxygen atoms in total. The summed E-state index contributed by atoms with van der Waals surface area (Å²) in [6.45, 7) is 0. The zero-order valence-corrected chi connectivity index (χ0v) is 13.6. The third-order valence-electron chi connectivity index (χ3n) is 5.61. The number of nitrogens with zero attached hydrogens (tertiary/aromatic N) is 2. The number of anilines is 1. The molecule has 1 aliphatic heterocycles. The van der Waals surface area contributed by atoms with E-state index in [1.165, 1.54) is 11.3 Å². The number of carbonyl (C=O) groups excluding carboxylic acids is 2. The maximum absolute atomic E-state index is 12.9. The molecule has 1 saturated heterocycles. The number of hydrogen-bond acceptors (Lipinski definition) is 5. The third kappa shape index (κ3) is 1.88. The molecule has 2 amide bonds. The number of carbonyl (C=O) groups is 2. The highest BCUT2D eigenvalue weighted by molar-refractivity contribution is 6.23. The van der Waals surface area contributed by atoms with Crippen LogP contribution in [-0.4, -0.2) is 23.9 Å². The minimum atomic E-state index is -0.206. The normalized spacial score (nSPS) is 29.6. The van der Waals surface area contributed by atoms with E-state index in [0.717, 1.165) is 12.0 Å². The Bertz CT molecular complexity index is 872. The van der Waals surface area contributed by atoms with E-state index < -0.39 is 0 Å². The molecular weight excluding hydrogens is 320 g/mol. The number of amides is 2. The molecule has 1 aromatic heterocycles. The molecule has 1 aromatic carbocycles. The summed E-state index contributed by atoms with van der Waals surface area (Å²) >= 11 is 0. The van der Waals surface area contributed by atoms with Gasteiger partial charge in [-0.2, -0.15) is 0 Å². The van der Waals surface area contributed by atoms with E-state index in [-0.39, 0.29) is 35.5 Å². The lowest BCUT2D eigenvalue weighted by atomic mass is 9.85. The number of hydrogen-bond donors (Lipinski definition) is 0. The minimum Gasteiger partial charge on any atom is -0.496 e. The van der Waals surface area contributed by atoms with Gasteiger partial charge in [0.1, 0.15) is 5.75 Å². The maximum atomic E-state index is 12.9. The zero-order chi connectivity index (χ0) is 17.1. The van der Waals surface area contributed by atoms with Crippen LogP contribution in [0.5, 0.6) is 5.75 Å². The summed E-state index contributed by atoms with van der Waals surface area (Å²) in [5.41, 5.74) is 1.27. The fourth-order valence-electron chi connectivity index (χ4n) is 4.53. The van der Waals surface area contributed by atoms with E-state index in [4.69, 9.17) is 9.15 Å². The van der Waals surface area contributed by atoms with E-state index in [2.05, 4.69) is 17.1 Å². The van der Waals surface area contributed by atoms with Crippen LogP contribution in [0.15, 0.2) is 47.4 Å². The van der Waals surface area contributed by atoms with Crippen molar-refractivity contribution in [2.24, 2.45) is 23.7 Å². The summed E-state index contributed by atoms with van der Waals surface area (Å²) in [7, 11) is 1.55. The van der Waals surface area contributed by atoms with Crippen molar-refractivity contribution in [3.8, 4) is 17.1 Å². The Hall–Kier alpha value is -2.89. The average molecular weight is 336 g/mol. The Morgan fingerprint density at radius 2 is 1.88 bits per heavy atom. The Balaban J connectivity index is 1.54. The molecule has 5 rings (SSSR count). The number of ether oxygens (including phenoxy) is 1. The second kappa shape index (κ2) is 5.05. The van der Waals surface area contributed by atoms with Gasteiger partial charge in [-0.05, 0) is 30.4 Å². The first-order chi connectivity index (χ1) is 12.2. The molecule has 2 fully saturated rings. The van der Waals surface area contributed by atoms with Crippen LogP contribution in [0, 0.1) is 23.7 Å². The van der Waals surface area contributed by atoms with Gasteiger partial charge in [0.15, 0.2) is 12.2 Å². The predicted molar refractivity (Wildman–Crippen MR) is 88.7 cm³/mol. The van der Waals surface area contributed by atoms with Crippen LogP contribution in [0.4, 0.5) is 5.69 Å². The van der Waals surface area contributed by atoms with Crippen LogP contribution in [0.3, 0.4) is 0 Å². The number of imide groups is 1. The molecule has 0 N–H and O–H groups in total. The number of methoxy groups -OCH3 is 1. The van der Waals surface area contributed by atoms with Crippen LogP contribution in [0.25, 0.3) is 11.3 Å². The smallest absolute Gasteiger partial charge is 0.238 e. The Kier molecular flexibility index (Phi) is 2.92.